The quantitative estimate of drug-likeness (QED) is 0.642. The Morgan fingerprint density at radius 3 is 3.25 bits per heavy atom. The van der Waals surface area contributed by atoms with Gasteiger partial charge in [0.25, 0.3) is 0 Å². The lowest BCUT2D eigenvalue weighted by Gasteiger charge is -2.26. The Hall–Kier alpha value is -0.350. The van der Waals surface area contributed by atoms with Crippen molar-refractivity contribution in [3.63, 3.8) is 0 Å². The van der Waals surface area contributed by atoms with Crippen molar-refractivity contribution in [2.45, 2.75) is 5.37 Å². The molecule has 2 nitrogen and oxygen atoms in total. The maximum atomic E-state index is 4.35. The summed E-state index contributed by atoms with van der Waals surface area (Å²) in [6.07, 6.45) is 6.13. The fourth-order valence-corrected chi connectivity index (χ4v) is 2.88. The van der Waals surface area contributed by atoms with Crippen molar-refractivity contribution in [1.82, 2.24) is 4.90 Å². The van der Waals surface area contributed by atoms with E-state index in [1.165, 1.54) is 5.57 Å². The van der Waals surface area contributed by atoms with Crippen LogP contribution in [0.1, 0.15) is 0 Å². The second kappa shape index (κ2) is 3.18. The SMILES string of the molecule is CSC1=C2C=CSC2N(C)C=N1. The van der Waals surface area contributed by atoms with Crippen LogP contribution in [-0.2, 0) is 0 Å². The second-order valence-electron chi connectivity index (χ2n) is 2.67. The lowest BCUT2D eigenvalue weighted by molar-refractivity contribution is 0.529. The molecule has 2 rings (SSSR count). The smallest absolute Gasteiger partial charge is 0.108 e. The van der Waals surface area contributed by atoms with Crippen molar-refractivity contribution in [2.24, 2.45) is 4.99 Å². The summed E-state index contributed by atoms with van der Waals surface area (Å²) in [4.78, 5) is 6.49. The Morgan fingerprint density at radius 2 is 2.50 bits per heavy atom. The van der Waals surface area contributed by atoms with Crippen LogP contribution in [0.3, 0.4) is 0 Å². The molecule has 0 amide bonds. The monoisotopic (exact) mass is 198 g/mol. The Kier molecular flexibility index (Phi) is 2.19. The van der Waals surface area contributed by atoms with Crippen molar-refractivity contribution >= 4 is 29.9 Å². The van der Waals surface area contributed by atoms with Gasteiger partial charge >= 0.3 is 0 Å². The third kappa shape index (κ3) is 1.19. The third-order valence-electron chi connectivity index (χ3n) is 1.89. The van der Waals surface area contributed by atoms with Crippen molar-refractivity contribution < 1.29 is 0 Å². The summed E-state index contributed by atoms with van der Waals surface area (Å²) in [6.45, 7) is 0. The average Bonchev–Trinajstić information content (AvgIpc) is 2.54. The molecule has 0 spiro atoms. The number of nitrogens with zero attached hydrogens (tertiary/aromatic N) is 2. The number of hydrogen-bond acceptors (Lipinski definition) is 4. The van der Waals surface area contributed by atoms with E-state index >= 15 is 0 Å². The summed E-state index contributed by atoms with van der Waals surface area (Å²) >= 11 is 3.55. The Labute approximate surface area is 80.8 Å². The maximum absolute atomic E-state index is 4.35. The molecule has 64 valence electrons. The van der Waals surface area contributed by atoms with Gasteiger partial charge in [0.05, 0.1) is 6.34 Å². The number of thioether (sulfide) groups is 2. The molecule has 0 N–H and O–H groups in total. The highest BCUT2D eigenvalue weighted by Gasteiger charge is 2.25. The Morgan fingerprint density at radius 1 is 1.67 bits per heavy atom. The molecule has 0 aromatic rings. The van der Waals surface area contributed by atoms with Gasteiger partial charge in [0.15, 0.2) is 0 Å². The van der Waals surface area contributed by atoms with Crippen LogP contribution in [0.4, 0.5) is 0 Å². The molecule has 0 aromatic heterocycles. The summed E-state index contributed by atoms with van der Waals surface area (Å²) in [5.41, 5.74) is 1.34. The van der Waals surface area contributed by atoms with Crippen molar-refractivity contribution in [3.05, 3.63) is 22.1 Å². The highest BCUT2D eigenvalue weighted by atomic mass is 32.2. The summed E-state index contributed by atoms with van der Waals surface area (Å²) in [5, 5.41) is 3.76. The molecule has 0 aliphatic carbocycles. The van der Waals surface area contributed by atoms with E-state index in [0.717, 1.165) is 5.03 Å². The van der Waals surface area contributed by atoms with Gasteiger partial charge < -0.3 is 4.90 Å². The van der Waals surface area contributed by atoms with Gasteiger partial charge in [0.1, 0.15) is 10.4 Å². The summed E-state index contributed by atoms with van der Waals surface area (Å²) in [7, 11) is 2.06. The highest BCUT2D eigenvalue weighted by molar-refractivity contribution is 8.04. The topological polar surface area (TPSA) is 15.6 Å². The van der Waals surface area contributed by atoms with Crippen molar-refractivity contribution in [1.29, 1.82) is 0 Å². The van der Waals surface area contributed by atoms with E-state index in [-0.39, 0.29) is 0 Å². The maximum Gasteiger partial charge on any atom is 0.108 e. The molecule has 0 saturated carbocycles. The molecule has 0 bridgehead atoms. The van der Waals surface area contributed by atoms with E-state index in [0.29, 0.717) is 5.37 Å². The molecular weight excluding hydrogens is 188 g/mol. The van der Waals surface area contributed by atoms with Gasteiger partial charge in [-0.1, -0.05) is 0 Å². The van der Waals surface area contributed by atoms with Gasteiger partial charge in [-0.05, 0) is 17.7 Å². The van der Waals surface area contributed by atoms with Crippen LogP contribution < -0.4 is 0 Å². The first kappa shape index (κ1) is 8.26. The average molecular weight is 198 g/mol. The molecule has 2 aliphatic rings. The predicted octanol–water partition coefficient (Wildman–Crippen LogP) is 2.12. The minimum atomic E-state index is 0.463. The van der Waals surface area contributed by atoms with Gasteiger partial charge in [0, 0.05) is 12.6 Å². The Bertz CT molecular complexity index is 281. The standard InChI is InChI=1S/C8H10N2S2/c1-10-5-9-7(11-2)6-3-4-12-8(6)10/h3-5,8H,1-2H3. The highest BCUT2D eigenvalue weighted by Crippen LogP contribution is 2.37. The van der Waals surface area contributed by atoms with Crippen LogP contribution in [0.25, 0.3) is 0 Å². The number of rotatable bonds is 1. The zero-order chi connectivity index (χ0) is 8.55. The van der Waals surface area contributed by atoms with Gasteiger partial charge in [0.2, 0.25) is 0 Å². The van der Waals surface area contributed by atoms with Crippen LogP contribution in [0.15, 0.2) is 27.1 Å². The molecule has 0 radical (unpaired) electrons. The molecule has 4 heteroatoms. The number of hydrogen-bond donors (Lipinski definition) is 0. The lowest BCUT2D eigenvalue weighted by Crippen LogP contribution is -2.30. The van der Waals surface area contributed by atoms with Crippen molar-refractivity contribution in [2.75, 3.05) is 13.3 Å². The van der Waals surface area contributed by atoms with Crippen LogP contribution in [0.2, 0.25) is 0 Å². The van der Waals surface area contributed by atoms with Crippen molar-refractivity contribution in [3.8, 4) is 0 Å². The number of likely N-dealkylation sites (N-methyl/N-ethyl adjacent to an activating group) is 1. The number of aliphatic imine (C=N–C) groups is 1. The minimum absolute atomic E-state index is 0.463. The fourth-order valence-electron chi connectivity index (χ4n) is 1.28. The van der Waals surface area contributed by atoms with E-state index in [4.69, 9.17) is 0 Å². The van der Waals surface area contributed by atoms with Gasteiger partial charge in [-0.2, -0.15) is 0 Å². The van der Waals surface area contributed by atoms with E-state index in [1.807, 2.05) is 18.1 Å². The molecule has 0 aromatic carbocycles. The molecule has 1 atom stereocenters. The largest absolute Gasteiger partial charge is 0.349 e. The van der Waals surface area contributed by atoms with Gasteiger partial charge in [-0.3, -0.25) is 0 Å². The zero-order valence-corrected chi connectivity index (χ0v) is 8.65. The fraction of sp³-hybridized carbons (Fsp3) is 0.375. The normalized spacial score (nSPS) is 26.8. The van der Waals surface area contributed by atoms with Gasteiger partial charge in [-0.25, -0.2) is 4.99 Å². The minimum Gasteiger partial charge on any atom is -0.349 e. The van der Waals surface area contributed by atoms with Crippen LogP contribution >= 0.6 is 23.5 Å². The Balaban J connectivity index is 2.37. The molecule has 12 heavy (non-hydrogen) atoms. The number of fused-ring (bicyclic) bond motifs is 1. The molecular formula is C8H10N2S2. The molecule has 0 fully saturated rings. The lowest BCUT2D eigenvalue weighted by atomic mass is 10.2. The summed E-state index contributed by atoms with van der Waals surface area (Å²) in [5.74, 6) is 0. The molecule has 0 saturated heterocycles. The summed E-state index contributed by atoms with van der Waals surface area (Å²) in [6, 6.07) is 0. The van der Waals surface area contributed by atoms with Crippen LogP contribution in [0, 0.1) is 0 Å². The van der Waals surface area contributed by atoms with Gasteiger partial charge in [-0.15, -0.1) is 23.5 Å². The van der Waals surface area contributed by atoms with Crippen LogP contribution in [0.5, 0.6) is 0 Å². The third-order valence-corrected chi connectivity index (χ3v) is 3.75. The predicted molar refractivity (Wildman–Crippen MR) is 57.3 cm³/mol. The molecule has 2 aliphatic heterocycles. The molecule has 1 unspecified atom stereocenters. The first-order valence-corrected chi connectivity index (χ1v) is 5.86. The summed E-state index contributed by atoms with van der Waals surface area (Å²) < 4.78 is 0. The zero-order valence-electron chi connectivity index (χ0n) is 7.02. The first-order valence-electron chi connectivity index (χ1n) is 3.69. The van der Waals surface area contributed by atoms with E-state index in [1.54, 1.807) is 11.8 Å². The van der Waals surface area contributed by atoms with E-state index in [2.05, 4.69) is 34.7 Å². The second-order valence-corrected chi connectivity index (χ2v) is 4.45. The van der Waals surface area contributed by atoms with E-state index in [9.17, 15) is 0 Å². The van der Waals surface area contributed by atoms with E-state index < -0.39 is 0 Å². The molecule has 2 heterocycles. The van der Waals surface area contributed by atoms with Crippen LogP contribution in [-0.4, -0.2) is 29.9 Å². The first-order chi connectivity index (χ1) is 5.83.